The van der Waals surface area contributed by atoms with Gasteiger partial charge in [0.15, 0.2) is 0 Å². The first kappa shape index (κ1) is 10.2. The van der Waals surface area contributed by atoms with Crippen molar-refractivity contribution in [2.24, 2.45) is 18.7 Å². The van der Waals surface area contributed by atoms with Gasteiger partial charge < -0.3 is 10.6 Å². The molecule has 5 heteroatoms. The van der Waals surface area contributed by atoms with Gasteiger partial charge in [0.05, 0.1) is 11.3 Å². The van der Waals surface area contributed by atoms with E-state index in [1.807, 2.05) is 18.9 Å². The van der Waals surface area contributed by atoms with Gasteiger partial charge >= 0.3 is 0 Å². The fraction of sp³-hybridized carbons (Fsp3) is 0.600. The van der Waals surface area contributed by atoms with Crippen LogP contribution >= 0.6 is 0 Å². The quantitative estimate of drug-likeness (QED) is 0.729. The van der Waals surface area contributed by atoms with E-state index >= 15 is 0 Å². The van der Waals surface area contributed by atoms with Crippen LogP contribution in [0.3, 0.4) is 0 Å². The lowest BCUT2D eigenvalue weighted by Crippen LogP contribution is -2.52. The summed E-state index contributed by atoms with van der Waals surface area (Å²) in [4.78, 5) is 13.8. The lowest BCUT2D eigenvalue weighted by molar-refractivity contribution is 0.0514. The first-order chi connectivity index (χ1) is 7.11. The molecule has 1 aliphatic rings. The Morgan fingerprint density at radius 1 is 1.67 bits per heavy atom. The molecule has 1 amide bonds. The van der Waals surface area contributed by atoms with Crippen LogP contribution in [-0.2, 0) is 7.05 Å². The van der Waals surface area contributed by atoms with Gasteiger partial charge in [-0.3, -0.25) is 9.48 Å². The molecule has 0 spiro atoms. The minimum Gasteiger partial charge on any atom is -0.338 e. The lowest BCUT2D eigenvalue weighted by atomic mass is 9.99. The maximum absolute atomic E-state index is 12.0. The summed E-state index contributed by atoms with van der Waals surface area (Å²) in [5.74, 6) is 0.552. The summed E-state index contributed by atoms with van der Waals surface area (Å²) in [6, 6.07) is 0. The largest absolute Gasteiger partial charge is 0.338 e. The van der Waals surface area contributed by atoms with Crippen LogP contribution in [0, 0.1) is 12.8 Å². The van der Waals surface area contributed by atoms with Gasteiger partial charge in [0, 0.05) is 32.3 Å². The molecule has 0 unspecified atom stereocenters. The van der Waals surface area contributed by atoms with Crippen molar-refractivity contribution in [1.82, 2.24) is 14.7 Å². The smallest absolute Gasteiger partial charge is 0.257 e. The van der Waals surface area contributed by atoms with E-state index in [1.165, 1.54) is 0 Å². The number of carbonyl (C=O) groups excluding carboxylic acids is 1. The van der Waals surface area contributed by atoms with Crippen molar-refractivity contribution in [1.29, 1.82) is 0 Å². The summed E-state index contributed by atoms with van der Waals surface area (Å²) in [6.45, 7) is 4.08. The van der Waals surface area contributed by atoms with Crippen molar-refractivity contribution in [3.8, 4) is 0 Å². The van der Waals surface area contributed by atoms with E-state index in [1.54, 1.807) is 10.9 Å². The van der Waals surface area contributed by atoms with E-state index in [-0.39, 0.29) is 5.91 Å². The van der Waals surface area contributed by atoms with Crippen LogP contribution in [0.4, 0.5) is 0 Å². The van der Waals surface area contributed by atoms with Crippen LogP contribution < -0.4 is 5.73 Å². The molecule has 2 N–H and O–H groups in total. The molecule has 0 bridgehead atoms. The lowest BCUT2D eigenvalue weighted by Gasteiger charge is -2.38. The summed E-state index contributed by atoms with van der Waals surface area (Å²) in [5, 5.41) is 4.16. The number of aromatic nitrogens is 2. The molecule has 0 saturated carbocycles. The maximum atomic E-state index is 12.0. The zero-order chi connectivity index (χ0) is 11.0. The predicted octanol–water partition coefficient (Wildman–Crippen LogP) is -0.241. The summed E-state index contributed by atoms with van der Waals surface area (Å²) >= 11 is 0. The first-order valence-electron chi connectivity index (χ1n) is 5.11. The average molecular weight is 208 g/mol. The van der Waals surface area contributed by atoms with Gasteiger partial charge in [-0.2, -0.15) is 5.10 Å². The number of hydrogen-bond donors (Lipinski definition) is 1. The van der Waals surface area contributed by atoms with Gasteiger partial charge in [-0.05, 0) is 13.5 Å². The molecule has 1 aliphatic heterocycles. The molecule has 2 heterocycles. The molecule has 1 aromatic rings. The van der Waals surface area contributed by atoms with Crippen molar-refractivity contribution in [2.75, 3.05) is 19.6 Å². The van der Waals surface area contributed by atoms with Crippen LogP contribution in [0.1, 0.15) is 16.1 Å². The summed E-state index contributed by atoms with van der Waals surface area (Å²) in [6.07, 6.45) is 1.77. The molecular weight excluding hydrogens is 192 g/mol. The SMILES string of the molecule is Cc1nn(C)cc1C(=O)N1CC(CN)C1. The highest BCUT2D eigenvalue weighted by molar-refractivity contribution is 5.95. The molecule has 15 heavy (non-hydrogen) atoms. The Morgan fingerprint density at radius 3 is 2.80 bits per heavy atom. The molecule has 0 radical (unpaired) electrons. The Balaban J connectivity index is 2.06. The van der Waals surface area contributed by atoms with Gasteiger partial charge in [-0.15, -0.1) is 0 Å². The molecule has 5 nitrogen and oxygen atoms in total. The highest BCUT2D eigenvalue weighted by atomic mass is 16.2. The zero-order valence-electron chi connectivity index (χ0n) is 9.10. The fourth-order valence-corrected chi connectivity index (χ4v) is 1.86. The third kappa shape index (κ3) is 1.74. The van der Waals surface area contributed by atoms with Crippen molar-refractivity contribution in [2.45, 2.75) is 6.92 Å². The second-order valence-electron chi connectivity index (χ2n) is 4.11. The molecule has 2 rings (SSSR count). The Kier molecular flexibility index (Phi) is 2.48. The standard InChI is InChI=1S/C10H16N4O/c1-7-9(6-13(2)12-7)10(15)14-4-8(3-11)5-14/h6,8H,3-5,11H2,1-2H3. The first-order valence-corrected chi connectivity index (χ1v) is 5.11. The molecular formula is C10H16N4O. The normalized spacial score (nSPS) is 16.6. The summed E-state index contributed by atoms with van der Waals surface area (Å²) in [5.41, 5.74) is 7.01. The second-order valence-corrected chi connectivity index (χ2v) is 4.11. The second kappa shape index (κ2) is 3.66. The van der Waals surface area contributed by atoms with Crippen molar-refractivity contribution < 1.29 is 4.79 Å². The number of hydrogen-bond acceptors (Lipinski definition) is 3. The van der Waals surface area contributed by atoms with Gasteiger partial charge in [0.1, 0.15) is 0 Å². The molecule has 1 aromatic heterocycles. The van der Waals surface area contributed by atoms with Gasteiger partial charge in [-0.25, -0.2) is 0 Å². The molecule has 1 saturated heterocycles. The van der Waals surface area contributed by atoms with Crippen LogP contribution in [0.2, 0.25) is 0 Å². The van der Waals surface area contributed by atoms with E-state index in [4.69, 9.17) is 5.73 Å². The number of aryl methyl sites for hydroxylation is 2. The topological polar surface area (TPSA) is 64.2 Å². The summed E-state index contributed by atoms with van der Waals surface area (Å²) < 4.78 is 1.67. The maximum Gasteiger partial charge on any atom is 0.257 e. The van der Waals surface area contributed by atoms with Gasteiger partial charge in [0.2, 0.25) is 0 Å². The number of rotatable bonds is 2. The Hall–Kier alpha value is -1.36. The number of carbonyl (C=O) groups is 1. The molecule has 82 valence electrons. The van der Waals surface area contributed by atoms with E-state index in [9.17, 15) is 4.79 Å². The molecule has 0 aliphatic carbocycles. The van der Waals surface area contributed by atoms with E-state index in [0.29, 0.717) is 18.0 Å². The van der Waals surface area contributed by atoms with Crippen LogP contribution in [-0.4, -0.2) is 40.2 Å². The predicted molar refractivity (Wildman–Crippen MR) is 56.4 cm³/mol. The zero-order valence-corrected chi connectivity index (χ0v) is 9.10. The molecule has 0 atom stereocenters. The van der Waals surface area contributed by atoms with Crippen LogP contribution in [0.25, 0.3) is 0 Å². The van der Waals surface area contributed by atoms with Gasteiger partial charge in [-0.1, -0.05) is 0 Å². The molecule has 0 aromatic carbocycles. The van der Waals surface area contributed by atoms with Crippen molar-refractivity contribution >= 4 is 5.91 Å². The van der Waals surface area contributed by atoms with E-state index < -0.39 is 0 Å². The average Bonchev–Trinajstić information content (AvgIpc) is 2.43. The monoisotopic (exact) mass is 208 g/mol. The van der Waals surface area contributed by atoms with Gasteiger partial charge in [0.25, 0.3) is 5.91 Å². The fourth-order valence-electron chi connectivity index (χ4n) is 1.86. The third-order valence-electron chi connectivity index (χ3n) is 2.82. The summed E-state index contributed by atoms with van der Waals surface area (Å²) in [7, 11) is 1.82. The minimum atomic E-state index is 0.0744. The third-order valence-corrected chi connectivity index (χ3v) is 2.82. The Morgan fingerprint density at radius 2 is 2.33 bits per heavy atom. The van der Waals surface area contributed by atoms with Crippen molar-refractivity contribution in [3.63, 3.8) is 0 Å². The highest BCUT2D eigenvalue weighted by Crippen LogP contribution is 2.18. The van der Waals surface area contributed by atoms with Crippen LogP contribution in [0.5, 0.6) is 0 Å². The number of nitrogens with zero attached hydrogens (tertiary/aromatic N) is 3. The van der Waals surface area contributed by atoms with Crippen molar-refractivity contribution in [3.05, 3.63) is 17.5 Å². The number of amides is 1. The highest BCUT2D eigenvalue weighted by Gasteiger charge is 2.31. The Labute approximate surface area is 88.8 Å². The number of nitrogens with two attached hydrogens (primary N) is 1. The van der Waals surface area contributed by atoms with E-state index in [0.717, 1.165) is 18.8 Å². The molecule has 1 fully saturated rings. The van der Waals surface area contributed by atoms with E-state index in [2.05, 4.69) is 5.10 Å². The van der Waals surface area contributed by atoms with Crippen LogP contribution in [0.15, 0.2) is 6.20 Å². The minimum absolute atomic E-state index is 0.0744. The Bertz CT molecular complexity index is 379. The number of likely N-dealkylation sites (tertiary alicyclic amines) is 1.